The average Bonchev–Trinajstić information content (AvgIpc) is 3.71. The summed E-state index contributed by atoms with van der Waals surface area (Å²) in [6.45, 7) is 0. The largest absolute Gasteiger partial charge is 0.309 e. The minimum absolute atomic E-state index is 1.12. The zero-order chi connectivity index (χ0) is 41.7. The van der Waals surface area contributed by atoms with Crippen molar-refractivity contribution in [3.05, 3.63) is 249 Å². The number of benzene rings is 11. The molecule has 0 atom stereocenters. The van der Waals surface area contributed by atoms with E-state index in [-0.39, 0.29) is 0 Å². The van der Waals surface area contributed by atoms with Crippen LogP contribution in [0.5, 0.6) is 0 Å². The quantitative estimate of drug-likeness (QED) is 0.151. The molecule has 0 N–H and O–H groups in total. The van der Waals surface area contributed by atoms with Gasteiger partial charge in [-0.2, -0.15) is 0 Å². The Bertz CT molecular complexity index is 3620. The molecule has 1 heteroatoms. The van der Waals surface area contributed by atoms with Crippen LogP contribution >= 0.6 is 0 Å². The van der Waals surface area contributed by atoms with Crippen molar-refractivity contribution in [2.45, 2.75) is 0 Å². The fourth-order valence-corrected chi connectivity index (χ4v) is 9.96. The molecule has 0 spiro atoms. The van der Waals surface area contributed by atoms with Gasteiger partial charge < -0.3 is 4.57 Å². The maximum absolute atomic E-state index is 2.47. The summed E-state index contributed by atoms with van der Waals surface area (Å²) in [6.07, 6.45) is 0. The standard InChI is InChI=1S/C62H41N/c1-5-18-43(19-6-1)55-41-56(60(47-24-9-3-10-25-47)61(48-26-11-4-12-27-48)59(55)46-22-7-2-8-23-46)45-32-36-50(37-33-45)63-57-39-35-44-21-14-16-30-53(44)62(57)54-38-34-49(40-58(54)63)52-31-17-28-42-20-13-15-29-51(42)52/h1-41H. The van der Waals surface area contributed by atoms with Gasteiger partial charge in [-0.3, -0.25) is 0 Å². The fraction of sp³-hybridized carbons (Fsp3) is 0. The van der Waals surface area contributed by atoms with Gasteiger partial charge >= 0.3 is 0 Å². The summed E-state index contributed by atoms with van der Waals surface area (Å²) in [5.41, 5.74) is 17.9. The van der Waals surface area contributed by atoms with Crippen molar-refractivity contribution >= 4 is 43.4 Å². The van der Waals surface area contributed by atoms with Gasteiger partial charge in [-0.05, 0) is 119 Å². The van der Waals surface area contributed by atoms with E-state index in [1.807, 2.05) is 0 Å². The van der Waals surface area contributed by atoms with Gasteiger partial charge in [0, 0.05) is 16.5 Å². The number of hydrogen-bond donors (Lipinski definition) is 0. The second kappa shape index (κ2) is 15.3. The van der Waals surface area contributed by atoms with Crippen LogP contribution in [0.4, 0.5) is 0 Å². The summed E-state index contributed by atoms with van der Waals surface area (Å²) < 4.78 is 2.47. The van der Waals surface area contributed by atoms with Crippen molar-refractivity contribution < 1.29 is 0 Å². The van der Waals surface area contributed by atoms with E-state index in [4.69, 9.17) is 0 Å². The summed E-state index contributed by atoms with van der Waals surface area (Å²) in [5, 5.41) is 7.54. The Morgan fingerprint density at radius 3 is 1.33 bits per heavy atom. The monoisotopic (exact) mass is 799 g/mol. The van der Waals surface area contributed by atoms with Crippen LogP contribution in [-0.2, 0) is 0 Å². The van der Waals surface area contributed by atoms with Crippen LogP contribution in [0.3, 0.4) is 0 Å². The van der Waals surface area contributed by atoms with Gasteiger partial charge in [0.05, 0.1) is 11.0 Å². The molecule has 0 aliphatic heterocycles. The van der Waals surface area contributed by atoms with Gasteiger partial charge in [0.1, 0.15) is 0 Å². The van der Waals surface area contributed by atoms with Crippen LogP contribution < -0.4 is 0 Å². The highest BCUT2D eigenvalue weighted by Crippen LogP contribution is 2.50. The van der Waals surface area contributed by atoms with Crippen molar-refractivity contribution in [2.75, 3.05) is 0 Å². The third kappa shape index (κ3) is 6.25. The molecule has 0 amide bonds. The van der Waals surface area contributed by atoms with Crippen LogP contribution in [-0.4, -0.2) is 4.57 Å². The maximum atomic E-state index is 2.47. The van der Waals surface area contributed by atoms with E-state index in [2.05, 4.69) is 253 Å². The lowest BCUT2D eigenvalue weighted by molar-refractivity contribution is 1.18. The molecule has 11 aromatic carbocycles. The van der Waals surface area contributed by atoms with Gasteiger partial charge in [0.15, 0.2) is 0 Å². The summed E-state index contributed by atoms with van der Waals surface area (Å²) >= 11 is 0. The maximum Gasteiger partial charge on any atom is 0.0547 e. The number of rotatable bonds is 7. The van der Waals surface area contributed by atoms with E-state index in [9.17, 15) is 0 Å². The molecule has 1 nitrogen and oxygen atoms in total. The van der Waals surface area contributed by atoms with Gasteiger partial charge in [-0.1, -0.05) is 218 Å². The smallest absolute Gasteiger partial charge is 0.0547 e. The lowest BCUT2D eigenvalue weighted by Crippen LogP contribution is -1.98. The first-order valence-electron chi connectivity index (χ1n) is 21.8. The highest BCUT2D eigenvalue weighted by atomic mass is 15.0. The summed E-state index contributed by atoms with van der Waals surface area (Å²) in [7, 11) is 0. The first-order chi connectivity index (χ1) is 31.3. The molecule has 0 aliphatic carbocycles. The third-order valence-electron chi connectivity index (χ3n) is 12.8. The molecule has 0 fully saturated rings. The Labute approximate surface area is 367 Å². The SMILES string of the molecule is c1ccc(-c2cc(-c3ccc(-n4c5cc(-c6cccc7ccccc67)ccc5c5c6ccccc6ccc54)cc3)c(-c3ccccc3)c(-c3ccccc3)c2-c2ccccc2)cc1. The number of fused-ring (bicyclic) bond motifs is 6. The summed E-state index contributed by atoms with van der Waals surface area (Å²) in [6, 6.07) is 91.1. The van der Waals surface area contributed by atoms with Gasteiger partial charge in [-0.15, -0.1) is 0 Å². The van der Waals surface area contributed by atoms with Gasteiger partial charge in [0.2, 0.25) is 0 Å². The van der Waals surface area contributed by atoms with E-state index in [0.717, 1.165) is 11.3 Å². The van der Waals surface area contributed by atoms with Crippen LogP contribution in [0.15, 0.2) is 249 Å². The van der Waals surface area contributed by atoms with Crippen molar-refractivity contribution in [3.63, 3.8) is 0 Å². The molecule has 0 saturated carbocycles. The lowest BCUT2D eigenvalue weighted by Gasteiger charge is -2.24. The first kappa shape index (κ1) is 36.6. The van der Waals surface area contributed by atoms with Crippen LogP contribution in [0, 0.1) is 0 Å². The highest BCUT2D eigenvalue weighted by molar-refractivity contribution is 6.22. The van der Waals surface area contributed by atoms with E-state index in [1.54, 1.807) is 0 Å². The molecule has 1 heterocycles. The Hall–Kier alpha value is -8.26. The van der Waals surface area contributed by atoms with Crippen LogP contribution in [0.1, 0.15) is 0 Å². The molecule has 0 radical (unpaired) electrons. The van der Waals surface area contributed by atoms with E-state index >= 15 is 0 Å². The van der Waals surface area contributed by atoms with Crippen LogP contribution in [0.25, 0.3) is 116 Å². The third-order valence-corrected chi connectivity index (χ3v) is 12.8. The number of nitrogens with zero attached hydrogens (tertiary/aromatic N) is 1. The minimum atomic E-state index is 1.12. The molecular formula is C62H41N. The van der Waals surface area contributed by atoms with E-state index < -0.39 is 0 Å². The summed E-state index contributed by atoms with van der Waals surface area (Å²) in [5.74, 6) is 0. The first-order valence-corrected chi connectivity index (χ1v) is 21.8. The average molecular weight is 800 g/mol. The zero-order valence-corrected chi connectivity index (χ0v) is 34.6. The van der Waals surface area contributed by atoms with Crippen molar-refractivity contribution in [2.24, 2.45) is 0 Å². The Balaban J connectivity index is 1.12. The molecule has 12 aromatic rings. The molecule has 1 aromatic heterocycles. The normalized spacial score (nSPS) is 11.5. The Morgan fingerprint density at radius 2 is 0.714 bits per heavy atom. The molecule has 12 rings (SSSR count). The van der Waals surface area contributed by atoms with Crippen molar-refractivity contribution in [1.82, 2.24) is 4.57 Å². The summed E-state index contributed by atoms with van der Waals surface area (Å²) in [4.78, 5) is 0. The van der Waals surface area contributed by atoms with E-state index in [1.165, 1.54) is 105 Å². The molecule has 0 saturated heterocycles. The second-order valence-electron chi connectivity index (χ2n) is 16.4. The zero-order valence-electron chi connectivity index (χ0n) is 34.6. The number of aromatic nitrogens is 1. The Kier molecular flexibility index (Phi) is 8.90. The number of hydrogen-bond acceptors (Lipinski definition) is 0. The molecule has 0 unspecified atom stereocenters. The predicted molar refractivity (Wildman–Crippen MR) is 268 cm³/mol. The molecular weight excluding hydrogens is 759 g/mol. The minimum Gasteiger partial charge on any atom is -0.309 e. The van der Waals surface area contributed by atoms with E-state index in [0.29, 0.717) is 0 Å². The van der Waals surface area contributed by atoms with Crippen molar-refractivity contribution in [3.8, 4) is 72.4 Å². The molecule has 0 bridgehead atoms. The molecule has 0 aliphatic rings. The Morgan fingerprint density at radius 1 is 0.238 bits per heavy atom. The molecule has 63 heavy (non-hydrogen) atoms. The lowest BCUT2D eigenvalue weighted by atomic mass is 9.79. The van der Waals surface area contributed by atoms with Gasteiger partial charge in [0.25, 0.3) is 0 Å². The fourth-order valence-electron chi connectivity index (χ4n) is 9.96. The van der Waals surface area contributed by atoms with Crippen molar-refractivity contribution in [1.29, 1.82) is 0 Å². The predicted octanol–water partition coefficient (Wildman–Crippen LogP) is 17.1. The van der Waals surface area contributed by atoms with Crippen LogP contribution in [0.2, 0.25) is 0 Å². The topological polar surface area (TPSA) is 4.93 Å². The van der Waals surface area contributed by atoms with Gasteiger partial charge in [-0.25, -0.2) is 0 Å². The highest BCUT2D eigenvalue weighted by Gasteiger charge is 2.24. The molecule has 294 valence electrons. The second-order valence-corrected chi connectivity index (χ2v) is 16.4.